The van der Waals surface area contributed by atoms with Crippen molar-refractivity contribution in [3.05, 3.63) is 29.6 Å². The van der Waals surface area contributed by atoms with E-state index in [-0.39, 0.29) is 17.4 Å². The molecular formula is C14H21NO. The van der Waals surface area contributed by atoms with Gasteiger partial charge in [-0.05, 0) is 36.3 Å². The molecule has 2 rings (SSSR count). The Morgan fingerprint density at radius 3 is 3.00 bits per heavy atom. The van der Waals surface area contributed by atoms with E-state index in [4.69, 9.17) is 0 Å². The lowest BCUT2D eigenvalue weighted by molar-refractivity contribution is 0.0237. The largest absolute Gasteiger partial charge is 0.392 e. The molecule has 2 atom stereocenters. The van der Waals surface area contributed by atoms with Gasteiger partial charge in [-0.15, -0.1) is 0 Å². The van der Waals surface area contributed by atoms with Crippen molar-refractivity contribution < 1.29 is 5.11 Å². The van der Waals surface area contributed by atoms with E-state index in [0.717, 1.165) is 25.0 Å². The molecule has 0 amide bonds. The molecule has 0 bridgehead atoms. The Balaban J connectivity index is 2.25. The third-order valence-electron chi connectivity index (χ3n) is 4.10. The first-order valence-corrected chi connectivity index (χ1v) is 6.18. The van der Waals surface area contributed by atoms with Crippen LogP contribution in [-0.2, 0) is 6.42 Å². The molecule has 1 aliphatic carbocycles. The van der Waals surface area contributed by atoms with Crippen molar-refractivity contribution in [1.29, 1.82) is 0 Å². The van der Waals surface area contributed by atoms with Crippen molar-refractivity contribution in [1.82, 2.24) is 4.98 Å². The normalized spacial score (nSPS) is 21.9. The molecule has 0 spiro atoms. The first-order chi connectivity index (χ1) is 7.56. The van der Waals surface area contributed by atoms with Gasteiger partial charge in [-0.3, -0.25) is 4.98 Å². The van der Waals surface area contributed by atoms with E-state index in [9.17, 15) is 5.11 Å². The highest BCUT2D eigenvalue weighted by atomic mass is 16.3. The third kappa shape index (κ3) is 1.86. The summed E-state index contributed by atoms with van der Waals surface area (Å²) >= 11 is 0. The van der Waals surface area contributed by atoms with Crippen LogP contribution in [0.3, 0.4) is 0 Å². The van der Waals surface area contributed by atoms with Crippen molar-refractivity contribution in [2.24, 2.45) is 5.41 Å². The Labute approximate surface area is 97.7 Å². The maximum absolute atomic E-state index is 10.5. The lowest BCUT2D eigenvalue weighted by atomic mass is 9.76. The van der Waals surface area contributed by atoms with Crippen LogP contribution in [0.4, 0.5) is 0 Å². The van der Waals surface area contributed by atoms with Gasteiger partial charge in [0.05, 0.1) is 6.10 Å². The van der Waals surface area contributed by atoms with E-state index in [1.54, 1.807) is 0 Å². The molecule has 2 unspecified atom stereocenters. The van der Waals surface area contributed by atoms with Crippen molar-refractivity contribution >= 4 is 0 Å². The number of aliphatic hydroxyl groups is 1. The summed E-state index contributed by atoms with van der Waals surface area (Å²) in [5, 5.41) is 10.5. The van der Waals surface area contributed by atoms with E-state index >= 15 is 0 Å². The molecular weight excluding hydrogens is 198 g/mol. The van der Waals surface area contributed by atoms with Crippen LogP contribution in [-0.4, -0.2) is 16.2 Å². The fourth-order valence-electron chi connectivity index (χ4n) is 2.50. The highest BCUT2D eigenvalue weighted by molar-refractivity contribution is 5.29. The number of fused-ring (bicyclic) bond motifs is 1. The molecule has 16 heavy (non-hydrogen) atoms. The Morgan fingerprint density at radius 1 is 1.56 bits per heavy atom. The molecule has 0 saturated heterocycles. The number of hydrogen-bond donors (Lipinski definition) is 1. The third-order valence-corrected chi connectivity index (χ3v) is 4.10. The topological polar surface area (TPSA) is 33.1 Å². The molecule has 2 nitrogen and oxygen atoms in total. The predicted molar refractivity (Wildman–Crippen MR) is 65.4 cm³/mol. The summed E-state index contributed by atoms with van der Waals surface area (Å²) in [6.45, 7) is 6.41. The van der Waals surface area contributed by atoms with Crippen LogP contribution in [0.5, 0.6) is 0 Å². The monoisotopic (exact) mass is 219 g/mol. The zero-order valence-corrected chi connectivity index (χ0v) is 10.4. The Kier molecular flexibility index (Phi) is 3.02. The molecule has 1 heterocycles. The summed E-state index contributed by atoms with van der Waals surface area (Å²) in [7, 11) is 0. The van der Waals surface area contributed by atoms with Crippen molar-refractivity contribution in [3.63, 3.8) is 0 Å². The van der Waals surface area contributed by atoms with Gasteiger partial charge in [-0.1, -0.05) is 26.8 Å². The second-order valence-corrected chi connectivity index (χ2v) is 5.48. The Hall–Kier alpha value is -0.890. The second-order valence-electron chi connectivity index (χ2n) is 5.48. The van der Waals surface area contributed by atoms with Gasteiger partial charge in [0.15, 0.2) is 0 Å². The Bertz CT molecular complexity index is 373. The molecule has 1 aromatic heterocycles. The lowest BCUT2D eigenvalue weighted by Gasteiger charge is -2.33. The first kappa shape index (κ1) is 11.6. The van der Waals surface area contributed by atoms with Crippen LogP contribution in [0, 0.1) is 5.41 Å². The van der Waals surface area contributed by atoms with Crippen molar-refractivity contribution in [2.75, 3.05) is 0 Å². The summed E-state index contributed by atoms with van der Waals surface area (Å²) in [6, 6.07) is 4.12. The van der Waals surface area contributed by atoms with E-state index in [1.807, 2.05) is 12.3 Å². The SMILES string of the molecule is CCC(C)(C)C(O)C1CCc2cccnc21. The van der Waals surface area contributed by atoms with E-state index in [1.165, 1.54) is 5.56 Å². The molecule has 1 N–H and O–H groups in total. The van der Waals surface area contributed by atoms with Crippen LogP contribution in [0.15, 0.2) is 18.3 Å². The number of aromatic nitrogens is 1. The first-order valence-electron chi connectivity index (χ1n) is 6.18. The number of pyridine rings is 1. The van der Waals surface area contributed by atoms with Gasteiger partial charge in [-0.2, -0.15) is 0 Å². The Morgan fingerprint density at radius 2 is 2.31 bits per heavy atom. The average Bonchev–Trinajstić information content (AvgIpc) is 2.71. The van der Waals surface area contributed by atoms with Gasteiger partial charge in [0, 0.05) is 17.8 Å². The van der Waals surface area contributed by atoms with Gasteiger partial charge in [0.25, 0.3) is 0 Å². The van der Waals surface area contributed by atoms with Gasteiger partial charge >= 0.3 is 0 Å². The minimum absolute atomic E-state index is 0.0240. The van der Waals surface area contributed by atoms with Crippen LogP contribution >= 0.6 is 0 Å². The minimum atomic E-state index is -0.284. The molecule has 1 aliphatic rings. The van der Waals surface area contributed by atoms with Crippen LogP contribution in [0.25, 0.3) is 0 Å². The lowest BCUT2D eigenvalue weighted by Crippen LogP contribution is -2.33. The number of aliphatic hydroxyl groups excluding tert-OH is 1. The number of aryl methyl sites for hydroxylation is 1. The molecule has 0 aliphatic heterocycles. The smallest absolute Gasteiger partial charge is 0.0674 e. The fourth-order valence-corrected chi connectivity index (χ4v) is 2.50. The van der Waals surface area contributed by atoms with Gasteiger partial charge in [-0.25, -0.2) is 0 Å². The summed E-state index contributed by atoms with van der Waals surface area (Å²) in [6.07, 6.45) is 4.64. The zero-order chi connectivity index (χ0) is 11.8. The van der Waals surface area contributed by atoms with Crippen LogP contribution in [0.2, 0.25) is 0 Å². The molecule has 88 valence electrons. The quantitative estimate of drug-likeness (QED) is 0.848. The molecule has 1 aromatic rings. The second kappa shape index (κ2) is 4.17. The van der Waals surface area contributed by atoms with Crippen LogP contribution in [0.1, 0.15) is 50.8 Å². The van der Waals surface area contributed by atoms with E-state index < -0.39 is 0 Å². The fraction of sp³-hybridized carbons (Fsp3) is 0.643. The maximum Gasteiger partial charge on any atom is 0.0674 e. The highest BCUT2D eigenvalue weighted by Gasteiger charge is 2.37. The van der Waals surface area contributed by atoms with Gasteiger partial charge in [0.1, 0.15) is 0 Å². The summed E-state index contributed by atoms with van der Waals surface area (Å²) in [4.78, 5) is 4.45. The molecule has 0 aromatic carbocycles. The van der Waals surface area contributed by atoms with Gasteiger partial charge in [0.2, 0.25) is 0 Å². The zero-order valence-electron chi connectivity index (χ0n) is 10.4. The number of rotatable bonds is 3. The van der Waals surface area contributed by atoms with Gasteiger partial charge < -0.3 is 5.11 Å². The average molecular weight is 219 g/mol. The molecule has 0 radical (unpaired) electrons. The minimum Gasteiger partial charge on any atom is -0.392 e. The predicted octanol–water partition coefficient (Wildman–Crippen LogP) is 2.91. The molecule has 0 fully saturated rings. The van der Waals surface area contributed by atoms with Crippen molar-refractivity contribution in [2.45, 2.75) is 52.1 Å². The maximum atomic E-state index is 10.5. The van der Waals surface area contributed by atoms with Crippen LogP contribution < -0.4 is 0 Å². The molecule has 2 heteroatoms. The standard InChI is InChI=1S/C14H21NO/c1-4-14(2,3)13(16)11-8-7-10-6-5-9-15-12(10)11/h5-6,9,11,13,16H,4,7-8H2,1-3H3. The van der Waals surface area contributed by atoms with Crippen molar-refractivity contribution in [3.8, 4) is 0 Å². The summed E-state index contributed by atoms with van der Waals surface area (Å²) in [5.74, 6) is 0.228. The highest BCUT2D eigenvalue weighted by Crippen LogP contribution is 2.41. The van der Waals surface area contributed by atoms with E-state index in [2.05, 4.69) is 31.8 Å². The van der Waals surface area contributed by atoms with E-state index in [0.29, 0.717) is 0 Å². The number of hydrogen-bond acceptors (Lipinski definition) is 2. The molecule has 0 saturated carbocycles. The summed E-state index contributed by atoms with van der Waals surface area (Å²) < 4.78 is 0. The summed E-state index contributed by atoms with van der Waals surface area (Å²) in [5.41, 5.74) is 2.42. The number of nitrogens with zero attached hydrogens (tertiary/aromatic N) is 1.